The first-order chi connectivity index (χ1) is 13.0. The van der Waals surface area contributed by atoms with Crippen molar-refractivity contribution < 1.29 is 18.3 Å². The van der Waals surface area contributed by atoms with Crippen molar-refractivity contribution in [2.45, 2.75) is 18.9 Å². The molecule has 0 aliphatic carbocycles. The van der Waals surface area contributed by atoms with E-state index in [1.165, 1.54) is 12.3 Å². The largest absolute Gasteiger partial charge is 0.377 e. The highest BCUT2D eigenvalue weighted by Gasteiger charge is 2.23. The van der Waals surface area contributed by atoms with Gasteiger partial charge in [-0.05, 0) is 25.0 Å². The van der Waals surface area contributed by atoms with Crippen LogP contribution in [0, 0.1) is 17.5 Å². The number of halogens is 3. The molecule has 0 saturated carbocycles. The van der Waals surface area contributed by atoms with Crippen LogP contribution in [0.15, 0.2) is 42.6 Å². The highest BCUT2D eigenvalue weighted by molar-refractivity contribution is 5.96. The third kappa shape index (κ3) is 3.37. The molecule has 2 aromatic carbocycles. The minimum Gasteiger partial charge on any atom is -0.377 e. The molecule has 1 aliphatic rings. The number of hydrogen-bond donors (Lipinski definition) is 1. The lowest BCUT2D eigenvalue weighted by Crippen LogP contribution is -2.39. The van der Waals surface area contributed by atoms with E-state index in [0.29, 0.717) is 49.0 Å². The summed E-state index contributed by atoms with van der Waals surface area (Å²) in [4.78, 5) is 6.33. The zero-order chi connectivity index (χ0) is 19.0. The van der Waals surface area contributed by atoms with Gasteiger partial charge < -0.3 is 10.2 Å². The maximum Gasteiger partial charge on any atom is 0.191 e. The molecule has 1 N–H and O–H groups in total. The van der Waals surface area contributed by atoms with Crippen molar-refractivity contribution in [3.63, 3.8) is 0 Å². The van der Waals surface area contributed by atoms with Gasteiger partial charge in [0.2, 0.25) is 0 Å². The van der Waals surface area contributed by atoms with E-state index in [1.807, 2.05) is 12.1 Å². The molecule has 2 heterocycles. The Balaban J connectivity index is 1.50. The van der Waals surface area contributed by atoms with Crippen LogP contribution in [0.1, 0.15) is 12.8 Å². The Kier molecular flexibility index (Phi) is 4.51. The molecule has 139 valence electrons. The summed E-state index contributed by atoms with van der Waals surface area (Å²) < 4.78 is 40.7. The molecular weight excluding hydrogens is 355 g/mol. The first kappa shape index (κ1) is 17.5. The van der Waals surface area contributed by atoms with Gasteiger partial charge in [-0.2, -0.15) is 0 Å². The van der Waals surface area contributed by atoms with Crippen LogP contribution in [0.3, 0.4) is 0 Å². The number of hydrogen-bond acceptors (Lipinski definition) is 3. The summed E-state index contributed by atoms with van der Waals surface area (Å²) in [5.41, 5.74) is 1.17. The van der Waals surface area contributed by atoms with E-state index in [1.54, 1.807) is 6.07 Å². The molecule has 0 atom stereocenters. The fraction of sp³-hybridized carbons (Fsp3) is 0.250. The molecule has 1 fully saturated rings. The normalized spacial score (nSPS) is 15.3. The predicted octanol–water partition coefficient (Wildman–Crippen LogP) is 4.88. The standard InChI is InChI=1S/C20H17F3N3O/c21-12-10-14(22)20(15(23)11-12)25-13-5-8-26(9-6-13)17-3-1-2-16-19(17)18(27)4-7-24-16/h1-4,7,10-11,13,25H,5-6,8-9H2. The zero-order valence-corrected chi connectivity index (χ0v) is 14.4. The molecule has 4 rings (SSSR count). The van der Waals surface area contributed by atoms with Gasteiger partial charge >= 0.3 is 0 Å². The second-order valence-electron chi connectivity index (χ2n) is 6.63. The summed E-state index contributed by atoms with van der Waals surface area (Å²) in [5, 5.41) is 15.7. The Bertz CT molecular complexity index is 959. The van der Waals surface area contributed by atoms with Crippen molar-refractivity contribution in [3.8, 4) is 5.75 Å². The Morgan fingerprint density at radius 2 is 1.74 bits per heavy atom. The molecule has 0 bridgehead atoms. The van der Waals surface area contributed by atoms with E-state index in [2.05, 4.69) is 15.2 Å². The highest BCUT2D eigenvalue weighted by Crippen LogP contribution is 2.34. The predicted molar refractivity (Wildman–Crippen MR) is 97.0 cm³/mol. The number of anilines is 2. The van der Waals surface area contributed by atoms with Crippen molar-refractivity contribution in [2.75, 3.05) is 23.3 Å². The van der Waals surface area contributed by atoms with Crippen LogP contribution in [-0.4, -0.2) is 24.1 Å². The molecule has 4 nitrogen and oxygen atoms in total. The van der Waals surface area contributed by atoms with Gasteiger partial charge in [0.05, 0.1) is 16.6 Å². The van der Waals surface area contributed by atoms with E-state index in [4.69, 9.17) is 0 Å². The average molecular weight is 372 g/mol. The number of nitrogens with zero attached hydrogens (tertiary/aromatic N) is 2. The van der Waals surface area contributed by atoms with E-state index in [0.717, 1.165) is 5.69 Å². The summed E-state index contributed by atoms with van der Waals surface area (Å²) in [7, 11) is 0. The van der Waals surface area contributed by atoms with E-state index in [-0.39, 0.29) is 17.5 Å². The second-order valence-corrected chi connectivity index (χ2v) is 6.63. The van der Waals surface area contributed by atoms with E-state index >= 15 is 0 Å². The quantitative estimate of drug-likeness (QED) is 0.713. The van der Waals surface area contributed by atoms with Gasteiger partial charge in [-0.3, -0.25) is 10.1 Å². The van der Waals surface area contributed by atoms with Crippen molar-refractivity contribution >= 4 is 22.3 Å². The number of pyridine rings is 1. The van der Waals surface area contributed by atoms with Gasteiger partial charge in [0.25, 0.3) is 0 Å². The minimum absolute atomic E-state index is 0.0775. The number of benzene rings is 2. The van der Waals surface area contributed by atoms with E-state index < -0.39 is 17.5 Å². The summed E-state index contributed by atoms with van der Waals surface area (Å²) in [6, 6.07) is 8.18. The van der Waals surface area contributed by atoms with Crippen LogP contribution < -0.4 is 10.2 Å². The van der Waals surface area contributed by atoms with Crippen LogP contribution >= 0.6 is 0 Å². The SMILES string of the molecule is [O]c1ccnc2cccc(N3CCC(Nc4c(F)cc(F)cc4F)CC3)c12. The number of nitrogens with one attached hydrogen (secondary N) is 1. The smallest absolute Gasteiger partial charge is 0.191 e. The molecule has 1 aliphatic heterocycles. The molecule has 3 aromatic rings. The fourth-order valence-corrected chi connectivity index (χ4v) is 3.57. The maximum absolute atomic E-state index is 13.8. The average Bonchev–Trinajstić information content (AvgIpc) is 2.65. The number of piperidine rings is 1. The van der Waals surface area contributed by atoms with Gasteiger partial charge in [-0.15, -0.1) is 0 Å². The lowest BCUT2D eigenvalue weighted by atomic mass is 10.0. The molecule has 27 heavy (non-hydrogen) atoms. The first-order valence-electron chi connectivity index (χ1n) is 8.73. The summed E-state index contributed by atoms with van der Waals surface area (Å²) in [6.45, 7) is 1.24. The lowest BCUT2D eigenvalue weighted by Gasteiger charge is -2.35. The third-order valence-electron chi connectivity index (χ3n) is 4.90. The highest BCUT2D eigenvalue weighted by atomic mass is 19.1. The number of aromatic nitrogens is 1. The van der Waals surface area contributed by atoms with Crippen LogP contribution in [0.2, 0.25) is 0 Å². The van der Waals surface area contributed by atoms with Gasteiger partial charge in [0.1, 0.15) is 11.5 Å². The second kappa shape index (κ2) is 6.98. The molecule has 1 radical (unpaired) electrons. The summed E-state index contributed by atoms with van der Waals surface area (Å²) in [6.07, 6.45) is 2.75. The fourth-order valence-electron chi connectivity index (χ4n) is 3.57. The van der Waals surface area contributed by atoms with Gasteiger partial charge in [-0.1, -0.05) is 6.07 Å². The van der Waals surface area contributed by atoms with Gasteiger partial charge in [0.15, 0.2) is 17.4 Å². The minimum atomic E-state index is -0.941. The molecule has 1 aromatic heterocycles. The summed E-state index contributed by atoms with van der Waals surface area (Å²) in [5.74, 6) is -2.90. The van der Waals surface area contributed by atoms with Crippen molar-refractivity contribution in [3.05, 3.63) is 60.0 Å². The molecule has 0 unspecified atom stereocenters. The van der Waals surface area contributed by atoms with Crippen molar-refractivity contribution in [2.24, 2.45) is 0 Å². The summed E-state index contributed by atoms with van der Waals surface area (Å²) >= 11 is 0. The maximum atomic E-state index is 13.8. The molecule has 1 saturated heterocycles. The Morgan fingerprint density at radius 1 is 1.04 bits per heavy atom. The monoisotopic (exact) mass is 372 g/mol. The van der Waals surface area contributed by atoms with Crippen molar-refractivity contribution in [1.29, 1.82) is 0 Å². The van der Waals surface area contributed by atoms with Crippen LogP contribution in [0.4, 0.5) is 24.5 Å². The molecule has 0 spiro atoms. The Hall–Kier alpha value is -2.96. The number of rotatable bonds is 3. The first-order valence-corrected chi connectivity index (χ1v) is 8.73. The molecule has 7 heteroatoms. The zero-order valence-electron chi connectivity index (χ0n) is 14.4. The number of fused-ring (bicyclic) bond motifs is 1. The van der Waals surface area contributed by atoms with Crippen LogP contribution in [0.25, 0.3) is 10.9 Å². The van der Waals surface area contributed by atoms with Crippen LogP contribution in [0.5, 0.6) is 5.75 Å². The van der Waals surface area contributed by atoms with Gasteiger partial charge in [-0.25, -0.2) is 13.2 Å². The molecular formula is C20H17F3N3O. The Labute approximate surface area is 154 Å². The third-order valence-corrected chi connectivity index (χ3v) is 4.90. The lowest BCUT2D eigenvalue weighted by molar-refractivity contribution is 0.360. The molecule has 0 amide bonds. The van der Waals surface area contributed by atoms with Crippen molar-refractivity contribution in [1.82, 2.24) is 4.98 Å². The Morgan fingerprint density at radius 3 is 2.44 bits per heavy atom. The van der Waals surface area contributed by atoms with Gasteiger partial charge in [0, 0.05) is 43.5 Å². The van der Waals surface area contributed by atoms with Crippen LogP contribution in [-0.2, 0) is 5.11 Å². The van der Waals surface area contributed by atoms with E-state index in [9.17, 15) is 18.3 Å². The topological polar surface area (TPSA) is 48.1 Å².